The second kappa shape index (κ2) is 6.03. The molecule has 0 spiro atoms. The van der Waals surface area contributed by atoms with E-state index < -0.39 is 13.9 Å². The number of hydrogen-bond donors (Lipinski definition) is 0. The quantitative estimate of drug-likeness (QED) is 0.575. The van der Waals surface area contributed by atoms with Gasteiger partial charge in [0.15, 0.2) is 0 Å². The average molecular weight is 316 g/mol. The first-order valence-electron chi connectivity index (χ1n) is 5.35. The minimum absolute atomic E-state index is 0.365. The van der Waals surface area contributed by atoms with Gasteiger partial charge in [0.1, 0.15) is 0 Å². The van der Waals surface area contributed by atoms with Crippen molar-refractivity contribution in [2.75, 3.05) is 14.2 Å². The second-order valence-corrected chi connectivity index (χ2v) is 7.95. The van der Waals surface area contributed by atoms with Gasteiger partial charge in [-0.05, 0) is 0 Å². The molecular weight excluding hydrogens is 299 g/mol. The molecule has 98 valence electrons. The van der Waals surface area contributed by atoms with Gasteiger partial charge in [-0.3, -0.25) is 0 Å². The molecule has 0 saturated carbocycles. The Labute approximate surface area is 111 Å². The summed E-state index contributed by atoms with van der Waals surface area (Å²) in [6.45, 7) is 3.87. The molecule has 0 saturated heterocycles. The summed E-state index contributed by atoms with van der Waals surface area (Å²) in [6.07, 6.45) is 3.64. The number of carbonyl (C=O) groups is 2. The summed E-state index contributed by atoms with van der Waals surface area (Å²) in [4.78, 5) is 23.5. The Morgan fingerprint density at radius 1 is 1.00 bits per heavy atom. The van der Waals surface area contributed by atoms with Crippen molar-refractivity contribution in [1.29, 1.82) is 0 Å². The molecule has 1 aliphatic heterocycles. The maximum absolute atomic E-state index is 11.7. The molecule has 1 heterocycles. The Kier molecular flexibility index (Phi) is 4.93. The number of carbonyl (C=O) groups excluding carboxylic acids is 2. The van der Waals surface area contributed by atoms with E-state index in [9.17, 15) is 9.59 Å². The zero-order valence-electron chi connectivity index (χ0n) is 11.2. The van der Waals surface area contributed by atoms with Crippen LogP contribution in [0, 0.1) is 0 Å². The standard InChI is InChI=1S/C13H17O4Se/c1-8(2)9-6-10(12(14)16-3)18(5)11(7-9)13(15)17-4/h6-7H,1-5H3/q+1. The van der Waals surface area contributed by atoms with Gasteiger partial charge in [-0.2, -0.15) is 0 Å². The predicted octanol–water partition coefficient (Wildman–Crippen LogP) is 1.74. The zero-order valence-corrected chi connectivity index (χ0v) is 12.9. The number of esters is 2. The summed E-state index contributed by atoms with van der Waals surface area (Å²) in [5.41, 5.74) is 1.91. The molecule has 0 aromatic heterocycles. The van der Waals surface area contributed by atoms with Crippen molar-refractivity contribution in [3.05, 3.63) is 32.2 Å². The summed E-state index contributed by atoms with van der Waals surface area (Å²) in [5.74, 6) is 1.18. The van der Waals surface area contributed by atoms with Crippen LogP contribution < -0.4 is 0 Å². The normalized spacial score (nSPS) is 18.7. The third-order valence-corrected chi connectivity index (χ3v) is 6.55. The number of allylic oxidation sites excluding steroid dienone is 4. The van der Waals surface area contributed by atoms with E-state index >= 15 is 0 Å². The summed E-state index contributed by atoms with van der Waals surface area (Å²) >= 11 is -1.67. The van der Waals surface area contributed by atoms with Crippen molar-refractivity contribution in [1.82, 2.24) is 0 Å². The molecule has 0 aromatic carbocycles. The van der Waals surface area contributed by atoms with Gasteiger partial charge in [-0.25, -0.2) is 0 Å². The van der Waals surface area contributed by atoms with E-state index in [1.165, 1.54) is 14.2 Å². The number of ether oxygens (including phenoxy) is 2. The van der Waals surface area contributed by atoms with E-state index in [4.69, 9.17) is 9.47 Å². The van der Waals surface area contributed by atoms with Gasteiger partial charge >= 0.3 is 111 Å². The van der Waals surface area contributed by atoms with Crippen LogP contribution in [0.2, 0.25) is 5.82 Å². The fourth-order valence-corrected chi connectivity index (χ4v) is 4.65. The first kappa shape index (κ1) is 14.7. The van der Waals surface area contributed by atoms with Crippen LogP contribution in [0.4, 0.5) is 0 Å². The fourth-order valence-electron chi connectivity index (χ4n) is 1.48. The molecule has 0 fully saturated rings. The molecule has 0 atom stereocenters. The molecular formula is C13H17O4Se+. The molecule has 0 radical (unpaired) electrons. The van der Waals surface area contributed by atoms with Gasteiger partial charge in [-0.1, -0.05) is 0 Å². The van der Waals surface area contributed by atoms with Gasteiger partial charge < -0.3 is 0 Å². The molecule has 0 N–H and O–H groups in total. The topological polar surface area (TPSA) is 52.6 Å². The van der Waals surface area contributed by atoms with Crippen LogP contribution in [0.3, 0.4) is 0 Å². The van der Waals surface area contributed by atoms with Crippen LogP contribution in [0.1, 0.15) is 13.8 Å². The molecule has 4 nitrogen and oxygen atoms in total. The van der Waals surface area contributed by atoms with Crippen molar-refractivity contribution in [3.63, 3.8) is 0 Å². The summed E-state index contributed by atoms with van der Waals surface area (Å²) < 4.78 is 10.7. The Hall–Kier alpha value is -1.32. The van der Waals surface area contributed by atoms with Crippen molar-refractivity contribution < 1.29 is 19.1 Å². The molecule has 0 bridgehead atoms. The fraction of sp³-hybridized carbons (Fsp3) is 0.385. The molecule has 1 rings (SSSR count). The first-order chi connectivity index (χ1) is 8.42. The molecule has 0 unspecified atom stereocenters. The van der Waals surface area contributed by atoms with E-state index in [-0.39, 0.29) is 11.9 Å². The van der Waals surface area contributed by atoms with Crippen LogP contribution in [-0.4, -0.2) is 40.1 Å². The molecule has 1 aliphatic rings. The van der Waals surface area contributed by atoms with Crippen molar-refractivity contribution in [2.45, 2.75) is 19.7 Å². The average Bonchev–Trinajstić information content (AvgIpc) is 2.36. The van der Waals surface area contributed by atoms with E-state index in [0.717, 1.165) is 11.1 Å². The Balaban J connectivity index is 3.29. The Morgan fingerprint density at radius 2 is 1.39 bits per heavy atom. The summed E-state index contributed by atoms with van der Waals surface area (Å²) in [6, 6.07) is 0. The van der Waals surface area contributed by atoms with Crippen LogP contribution in [0.25, 0.3) is 0 Å². The summed E-state index contributed by atoms with van der Waals surface area (Å²) in [5, 5.41) is 0. The van der Waals surface area contributed by atoms with Crippen molar-refractivity contribution >= 4 is 25.8 Å². The van der Waals surface area contributed by atoms with E-state index in [1.54, 1.807) is 0 Å². The molecule has 0 aromatic rings. The molecule has 5 heteroatoms. The van der Waals surface area contributed by atoms with Gasteiger partial charge in [0.25, 0.3) is 0 Å². The second-order valence-electron chi connectivity index (χ2n) is 3.97. The monoisotopic (exact) mass is 317 g/mol. The van der Waals surface area contributed by atoms with Crippen LogP contribution in [0.15, 0.2) is 32.2 Å². The number of methoxy groups -OCH3 is 2. The predicted molar refractivity (Wildman–Crippen MR) is 70.2 cm³/mol. The third-order valence-electron chi connectivity index (χ3n) is 2.58. The Bertz CT molecular complexity index is 431. The van der Waals surface area contributed by atoms with E-state index in [2.05, 4.69) is 0 Å². The van der Waals surface area contributed by atoms with Crippen LogP contribution in [-0.2, 0) is 19.1 Å². The molecule has 0 amide bonds. The SMILES string of the molecule is COC(=O)C1=CC(=C(C)C)C=C(C(=O)OC)[Se+]1C. The summed E-state index contributed by atoms with van der Waals surface area (Å²) in [7, 11) is 2.70. The van der Waals surface area contributed by atoms with Crippen LogP contribution >= 0.6 is 0 Å². The van der Waals surface area contributed by atoms with Crippen molar-refractivity contribution in [3.8, 4) is 0 Å². The van der Waals surface area contributed by atoms with Gasteiger partial charge in [0.05, 0.1) is 0 Å². The number of rotatable bonds is 2. The van der Waals surface area contributed by atoms with Crippen LogP contribution in [0.5, 0.6) is 0 Å². The maximum atomic E-state index is 11.7. The molecule has 18 heavy (non-hydrogen) atoms. The van der Waals surface area contributed by atoms with Gasteiger partial charge in [0.2, 0.25) is 0 Å². The first-order valence-corrected chi connectivity index (χ1v) is 8.78. The van der Waals surface area contributed by atoms with E-state index in [0.29, 0.717) is 8.94 Å². The minimum atomic E-state index is -1.67. The number of hydrogen-bond acceptors (Lipinski definition) is 4. The molecule has 0 aliphatic carbocycles. The van der Waals surface area contributed by atoms with Crippen molar-refractivity contribution in [2.24, 2.45) is 0 Å². The third kappa shape index (κ3) is 2.92. The van der Waals surface area contributed by atoms with E-state index in [1.807, 2.05) is 31.8 Å². The Morgan fingerprint density at radius 3 is 1.67 bits per heavy atom. The van der Waals surface area contributed by atoms with Gasteiger partial charge in [-0.15, -0.1) is 0 Å². The zero-order chi connectivity index (χ0) is 13.9. The van der Waals surface area contributed by atoms with Gasteiger partial charge in [0, 0.05) is 0 Å².